The van der Waals surface area contributed by atoms with Gasteiger partial charge in [0, 0.05) is 43.6 Å². The van der Waals surface area contributed by atoms with Gasteiger partial charge in [0.15, 0.2) is 16.8 Å². The minimum Gasteiger partial charge on any atom is -0.475 e. The lowest BCUT2D eigenvalue weighted by Gasteiger charge is -2.26. The molecule has 1 aromatic heterocycles. The molecule has 4 N–H and O–H groups in total. The first-order chi connectivity index (χ1) is 15.3. The van der Waals surface area contributed by atoms with Crippen LogP contribution in [0.2, 0.25) is 0 Å². The van der Waals surface area contributed by atoms with Gasteiger partial charge in [0.25, 0.3) is 0 Å². The molecule has 1 aliphatic rings. The van der Waals surface area contributed by atoms with Gasteiger partial charge in [0.1, 0.15) is 18.5 Å². The number of anilines is 1. The summed E-state index contributed by atoms with van der Waals surface area (Å²) in [4.78, 5) is 8.25. The third kappa shape index (κ3) is 6.70. The fraction of sp³-hybridized carbons (Fsp3) is 0.444. The summed E-state index contributed by atoms with van der Waals surface area (Å²) in [6.07, 6.45) is -1.16. The molecule has 0 radical (unpaired) electrons. The predicted octanol–water partition coefficient (Wildman–Crippen LogP) is 0.341. The average Bonchev–Trinajstić information content (AvgIpc) is 2.78. The first kappa shape index (κ1) is 24.5. The number of aliphatic hydroxyl groups excluding tert-OH is 2. The van der Waals surface area contributed by atoms with E-state index in [9.17, 15) is 22.3 Å². The number of nitrogens with one attached hydrogen (secondary N) is 2. The molecule has 0 amide bonds. The second-order valence-electron chi connectivity index (χ2n) is 6.78. The predicted molar refractivity (Wildman–Crippen MR) is 114 cm³/mol. The highest BCUT2D eigenvalue weighted by molar-refractivity contribution is 7.98. The summed E-state index contributed by atoms with van der Waals surface area (Å²) in [7, 11) is -3.90. The van der Waals surface area contributed by atoms with Crippen LogP contribution in [0.1, 0.15) is 5.56 Å². The number of thioether (sulfide) groups is 1. The minimum absolute atomic E-state index is 0.0176. The molecular weight excluding hydrogens is 468 g/mol. The molecule has 3 rings (SSSR count). The van der Waals surface area contributed by atoms with E-state index in [2.05, 4.69) is 20.0 Å². The van der Waals surface area contributed by atoms with Crippen molar-refractivity contribution < 1.29 is 32.1 Å². The Kier molecular flexibility index (Phi) is 8.56. The van der Waals surface area contributed by atoms with Crippen molar-refractivity contribution >= 4 is 27.8 Å². The van der Waals surface area contributed by atoms with Crippen LogP contribution in [-0.2, 0) is 16.0 Å². The Bertz CT molecular complexity index is 1020. The van der Waals surface area contributed by atoms with Gasteiger partial charge < -0.3 is 20.3 Å². The number of rotatable bonds is 10. The Labute approximate surface area is 188 Å². The first-order valence-electron chi connectivity index (χ1n) is 9.63. The maximum atomic E-state index is 13.9. The van der Waals surface area contributed by atoms with Crippen LogP contribution in [0.3, 0.4) is 0 Å². The molecule has 1 atom stereocenters. The fourth-order valence-electron chi connectivity index (χ4n) is 2.71. The van der Waals surface area contributed by atoms with Crippen LogP contribution in [-0.4, -0.2) is 78.4 Å². The smallest absolute Gasteiger partial charge is 0.302 e. The van der Waals surface area contributed by atoms with Crippen molar-refractivity contribution in [1.82, 2.24) is 19.6 Å². The molecule has 14 heteroatoms. The Hall–Kier alpha value is -2.10. The zero-order valence-corrected chi connectivity index (χ0v) is 18.5. The molecule has 0 unspecified atom stereocenters. The van der Waals surface area contributed by atoms with Gasteiger partial charge in [-0.3, -0.25) is 4.72 Å². The van der Waals surface area contributed by atoms with Crippen LogP contribution in [0, 0.1) is 11.6 Å². The van der Waals surface area contributed by atoms with Gasteiger partial charge in [-0.05, 0) is 6.07 Å². The SMILES string of the molecule is O=S(=O)(Nc1cc(OC[C@@H](O)CO)nc(SCc2cccc(F)c2F)n1)N1CCNCC1. The zero-order chi connectivity index (χ0) is 23.1. The molecule has 2 heterocycles. The largest absolute Gasteiger partial charge is 0.475 e. The van der Waals surface area contributed by atoms with Crippen molar-refractivity contribution in [3.8, 4) is 5.88 Å². The highest BCUT2D eigenvalue weighted by Gasteiger charge is 2.25. The minimum atomic E-state index is -3.90. The van der Waals surface area contributed by atoms with Crippen molar-refractivity contribution in [2.24, 2.45) is 0 Å². The molecular formula is C18H23F2N5O5S2. The van der Waals surface area contributed by atoms with Gasteiger partial charge in [-0.2, -0.15) is 17.7 Å². The van der Waals surface area contributed by atoms with Crippen molar-refractivity contribution in [3.05, 3.63) is 41.5 Å². The van der Waals surface area contributed by atoms with Crippen LogP contribution in [0.25, 0.3) is 0 Å². The molecule has 0 spiro atoms. The van der Waals surface area contributed by atoms with E-state index in [1.807, 2.05) is 0 Å². The summed E-state index contributed by atoms with van der Waals surface area (Å²) in [6.45, 7) is 0.769. The van der Waals surface area contributed by atoms with E-state index in [4.69, 9.17) is 9.84 Å². The van der Waals surface area contributed by atoms with E-state index in [1.54, 1.807) is 0 Å². The Morgan fingerprint density at radius 2 is 2.03 bits per heavy atom. The molecule has 10 nitrogen and oxygen atoms in total. The van der Waals surface area contributed by atoms with Gasteiger partial charge in [0.05, 0.1) is 6.61 Å². The monoisotopic (exact) mass is 491 g/mol. The fourth-order valence-corrected chi connectivity index (χ4v) is 4.70. The molecule has 0 bridgehead atoms. The van der Waals surface area contributed by atoms with Gasteiger partial charge in [0.2, 0.25) is 5.88 Å². The van der Waals surface area contributed by atoms with Crippen molar-refractivity contribution in [3.63, 3.8) is 0 Å². The zero-order valence-electron chi connectivity index (χ0n) is 16.9. The highest BCUT2D eigenvalue weighted by Crippen LogP contribution is 2.26. The third-order valence-corrected chi connectivity index (χ3v) is 6.76. The molecule has 1 fully saturated rings. The number of aromatic nitrogens is 2. The molecule has 176 valence electrons. The molecule has 1 aliphatic heterocycles. The molecule has 1 aromatic carbocycles. The number of benzene rings is 1. The summed E-state index contributed by atoms with van der Waals surface area (Å²) in [5.41, 5.74) is 0.0866. The number of halogens is 2. The number of hydrogen-bond donors (Lipinski definition) is 4. The number of nitrogens with zero attached hydrogens (tertiary/aromatic N) is 3. The normalized spacial score (nSPS) is 16.0. The van der Waals surface area contributed by atoms with E-state index in [1.165, 1.54) is 22.5 Å². The number of aliphatic hydroxyl groups is 2. The Morgan fingerprint density at radius 3 is 2.75 bits per heavy atom. The van der Waals surface area contributed by atoms with Crippen LogP contribution >= 0.6 is 11.8 Å². The summed E-state index contributed by atoms with van der Waals surface area (Å²) < 4.78 is 61.7. The van der Waals surface area contributed by atoms with Crippen molar-refractivity contribution in [1.29, 1.82) is 0 Å². The summed E-state index contributed by atoms with van der Waals surface area (Å²) >= 11 is 0.947. The van der Waals surface area contributed by atoms with Gasteiger partial charge in [-0.15, -0.1) is 0 Å². The third-order valence-electron chi connectivity index (χ3n) is 4.35. The van der Waals surface area contributed by atoms with E-state index < -0.39 is 34.6 Å². The Morgan fingerprint density at radius 1 is 1.28 bits per heavy atom. The second kappa shape index (κ2) is 11.2. The van der Waals surface area contributed by atoms with E-state index >= 15 is 0 Å². The molecule has 1 saturated heterocycles. The highest BCUT2D eigenvalue weighted by atomic mass is 32.2. The number of ether oxygens (including phenoxy) is 1. The van der Waals surface area contributed by atoms with E-state index in [-0.39, 0.29) is 47.9 Å². The lowest BCUT2D eigenvalue weighted by atomic mass is 10.2. The number of piperazine rings is 1. The average molecular weight is 492 g/mol. The lowest BCUT2D eigenvalue weighted by Crippen LogP contribution is -2.48. The van der Waals surface area contributed by atoms with Gasteiger partial charge in [-0.25, -0.2) is 13.8 Å². The lowest BCUT2D eigenvalue weighted by molar-refractivity contribution is 0.0518. The second-order valence-corrected chi connectivity index (χ2v) is 9.39. The van der Waals surface area contributed by atoms with Crippen molar-refractivity contribution in [2.75, 3.05) is 44.1 Å². The van der Waals surface area contributed by atoms with Crippen molar-refractivity contribution in [2.45, 2.75) is 17.0 Å². The summed E-state index contributed by atoms with van der Waals surface area (Å²) in [5.74, 6) is -2.14. The molecule has 0 aliphatic carbocycles. The summed E-state index contributed by atoms with van der Waals surface area (Å²) in [6, 6.07) is 5.02. The first-order valence-corrected chi connectivity index (χ1v) is 12.1. The van der Waals surface area contributed by atoms with Crippen LogP contribution in [0.4, 0.5) is 14.6 Å². The van der Waals surface area contributed by atoms with Gasteiger partial charge >= 0.3 is 10.2 Å². The molecule has 0 saturated carbocycles. The van der Waals surface area contributed by atoms with E-state index in [0.717, 1.165) is 17.8 Å². The Balaban J connectivity index is 1.80. The quantitative estimate of drug-likeness (QED) is 0.274. The maximum Gasteiger partial charge on any atom is 0.302 e. The summed E-state index contributed by atoms with van der Waals surface area (Å²) in [5, 5.41) is 21.5. The molecule has 2 aromatic rings. The molecule has 32 heavy (non-hydrogen) atoms. The standard InChI is InChI=1S/C18H23F2N5O5S2/c19-14-3-1-2-12(17(14)20)11-31-18-22-15(8-16(23-18)30-10-13(27)9-26)24-32(28,29)25-6-4-21-5-7-25/h1-3,8,13,21,26-27H,4-7,9-11H2,(H,22,23,24)/t13-/m0/s1. The maximum absolute atomic E-state index is 13.9. The van der Waals surface area contributed by atoms with Crippen LogP contribution < -0.4 is 14.8 Å². The van der Waals surface area contributed by atoms with Gasteiger partial charge in [-0.1, -0.05) is 23.9 Å². The topological polar surface area (TPSA) is 137 Å². The van der Waals surface area contributed by atoms with E-state index in [0.29, 0.717) is 13.1 Å². The van der Waals surface area contributed by atoms with Crippen LogP contribution in [0.5, 0.6) is 5.88 Å². The van der Waals surface area contributed by atoms with Crippen LogP contribution in [0.15, 0.2) is 29.4 Å². The number of hydrogen-bond acceptors (Lipinski definition) is 9.